The number of benzene rings is 2. The second-order valence-electron chi connectivity index (χ2n) is 4.87. The number of sulfonamides is 1. The minimum absolute atomic E-state index is 0.101. The van der Waals surface area contributed by atoms with Crippen LogP contribution in [0, 0.1) is 25.1 Å². The van der Waals surface area contributed by atoms with E-state index in [-0.39, 0.29) is 11.5 Å². The number of hydrogen-bond acceptors (Lipinski definition) is 3. The molecule has 23 heavy (non-hydrogen) atoms. The Kier molecular flexibility index (Phi) is 4.92. The summed E-state index contributed by atoms with van der Waals surface area (Å²) in [6, 6.07) is 10.3. The zero-order chi connectivity index (χ0) is 17.0. The lowest BCUT2D eigenvalue weighted by Crippen LogP contribution is -2.26. The predicted octanol–water partition coefficient (Wildman–Crippen LogP) is 2.97. The first-order valence-corrected chi connectivity index (χ1v) is 8.21. The van der Waals surface area contributed by atoms with E-state index in [2.05, 4.69) is 5.92 Å². The second-order valence-corrected chi connectivity index (χ2v) is 6.84. The maximum atomic E-state index is 13.6. The Bertz CT molecular complexity index is 839. The molecule has 0 saturated heterocycles. The van der Waals surface area contributed by atoms with Crippen molar-refractivity contribution in [3.05, 3.63) is 53.8 Å². The van der Waals surface area contributed by atoms with E-state index < -0.39 is 15.8 Å². The van der Waals surface area contributed by atoms with Gasteiger partial charge in [-0.25, -0.2) is 12.8 Å². The third-order valence-corrected chi connectivity index (χ3v) is 5.11. The number of ether oxygens (including phenoxy) is 1. The van der Waals surface area contributed by atoms with Crippen molar-refractivity contribution in [2.75, 3.05) is 18.0 Å². The summed E-state index contributed by atoms with van der Waals surface area (Å²) in [6.07, 6.45) is 5.11. The van der Waals surface area contributed by atoms with Gasteiger partial charge < -0.3 is 4.74 Å². The van der Waals surface area contributed by atoms with Crippen molar-refractivity contribution in [2.45, 2.75) is 11.8 Å². The molecule has 0 heterocycles. The summed E-state index contributed by atoms with van der Waals surface area (Å²) in [6.45, 7) is 1.71. The lowest BCUT2D eigenvalue weighted by molar-refractivity contribution is 0.370. The molecule has 0 aromatic heterocycles. The number of hydrogen-bond donors (Lipinski definition) is 0. The first-order valence-electron chi connectivity index (χ1n) is 6.77. The Morgan fingerprint density at radius 1 is 1.22 bits per heavy atom. The fourth-order valence-corrected chi connectivity index (χ4v) is 3.12. The van der Waals surface area contributed by atoms with E-state index in [1.54, 1.807) is 31.2 Å². The van der Waals surface area contributed by atoms with Crippen molar-refractivity contribution in [2.24, 2.45) is 0 Å². The normalized spacial score (nSPS) is 10.9. The van der Waals surface area contributed by atoms with Gasteiger partial charge in [-0.15, -0.1) is 6.42 Å². The van der Waals surface area contributed by atoms with Crippen molar-refractivity contribution in [1.82, 2.24) is 0 Å². The van der Waals surface area contributed by atoms with Crippen molar-refractivity contribution >= 4 is 15.7 Å². The highest BCUT2D eigenvalue weighted by atomic mass is 32.2. The summed E-state index contributed by atoms with van der Waals surface area (Å²) in [5.41, 5.74) is 0.820. The van der Waals surface area contributed by atoms with Crippen LogP contribution in [-0.4, -0.2) is 22.1 Å². The standard InChI is InChI=1S/C17H16FNO3S/c1-4-11-22-15-8-6-14(7-9-15)19(3)23(20,21)16-10-5-13(2)17(18)12-16/h1,5-10,12H,11H2,2-3H3. The maximum absolute atomic E-state index is 13.6. The van der Waals surface area contributed by atoms with Crippen LogP contribution in [0.5, 0.6) is 5.75 Å². The van der Waals surface area contributed by atoms with Crippen LogP contribution in [0.1, 0.15) is 5.56 Å². The summed E-state index contributed by atoms with van der Waals surface area (Å²) in [7, 11) is -2.43. The van der Waals surface area contributed by atoms with Crippen LogP contribution in [-0.2, 0) is 10.0 Å². The number of rotatable bonds is 5. The lowest BCUT2D eigenvalue weighted by Gasteiger charge is -2.20. The largest absolute Gasteiger partial charge is 0.481 e. The van der Waals surface area contributed by atoms with Gasteiger partial charge in [0.05, 0.1) is 10.6 Å². The van der Waals surface area contributed by atoms with E-state index in [4.69, 9.17) is 11.2 Å². The van der Waals surface area contributed by atoms with Crippen molar-refractivity contribution in [3.8, 4) is 18.1 Å². The van der Waals surface area contributed by atoms with E-state index in [1.165, 1.54) is 19.2 Å². The van der Waals surface area contributed by atoms with E-state index in [1.807, 2.05) is 0 Å². The summed E-state index contributed by atoms with van der Waals surface area (Å²) >= 11 is 0. The molecule has 0 saturated carbocycles. The van der Waals surface area contributed by atoms with Crippen LogP contribution in [0.4, 0.5) is 10.1 Å². The molecule has 2 rings (SSSR count). The molecule has 0 unspecified atom stereocenters. The van der Waals surface area contributed by atoms with Gasteiger partial charge in [0.15, 0.2) is 0 Å². The number of aryl methyl sites for hydroxylation is 1. The van der Waals surface area contributed by atoms with Gasteiger partial charge in [-0.05, 0) is 48.9 Å². The molecule has 0 amide bonds. The van der Waals surface area contributed by atoms with Gasteiger partial charge in [-0.2, -0.15) is 0 Å². The number of nitrogens with zero attached hydrogens (tertiary/aromatic N) is 1. The molecule has 0 aliphatic carbocycles. The fourth-order valence-electron chi connectivity index (χ4n) is 1.91. The van der Waals surface area contributed by atoms with Gasteiger partial charge >= 0.3 is 0 Å². The molecule has 0 aliphatic heterocycles. The zero-order valence-corrected chi connectivity index (χ0v) is 13.6. The molecule has 0 bridgehead atoms. The summed E-state index contributed by atoms with van der Waals surface area (Å²) < 4.78 is 45.1. The minimum atomic E-state index is -3.84. The molecule has 2 aromatic carbocycles. The van der Waals surface area contributed by atoms with Crippen LogP contribution in [0.15, 0.2) is 47.4 Å². The Labute approximate surface area is 135 Å². The van der Waals surface area contributed by atoms with Crippen LogP contribution < -0.4 is 9.04 Å². The molecular weight excluding hydrogens is 317 g/mol. The Morgan fingerprint density at radius 2 is 1.87 bits per heavy atom. The molecule has 0 N–H and O–H groups in total. The quantitative estimate of drug-likeness (QED) is 0.790. The van der Waals surface area contributed by atoms with Crippen LogP contribution >= 0.6 is 0 Å². The minimum Gasteiger partial charge on any atom is -0.481 e. The van der Waals surface area contributed by atoms with Crippen LogP contribution in [0.25, 0.3) is 0 Å². The van der Waals surface area contributed by atoms with Crippen LogP contribution in [0.3, 0.4) is 0 Å². The highest BCUT2D eigenvalue weighted by Gasteiger charge is 2.22. The average Bonchev–Trinajstić information content (AvgIpc) is 2.55. The molecule has 120 valence electrons. The van der Waals surface area contributed by atoms with E-state index >= 15 is 0 Å². The lowest BCUT2D eigenvalue weighted by atomic mass is 10.2. The monoisotopic (exact) mass is 333 g/mol. The summed E-state index contributed by atoms with van der Waals surface area (Å²) in [4.78, 5) is -0.101. The molecule has 0 spiro atoms. The maximum Gasteiger partial charge on any atom is 0.264 e. The van der Waals surface area contributed by atoms with Gasteiger partial charge in [0.2, 0.25) is 0 Å². The van der Waals surface area contributed by atoms with Gasteiger partial charge in [0.25, 0.3) is 10.0 Å². The van der Waals surface area contributed by atoms with E-state index in [0.717, 1.165) is 10.4 Å². The Hall–Kier alpha value is -2.52. The highest BCUT2D eigenvalue weighted by molar-refractivity contribution is 7.92. The summed E-state index contributed by atoms with van der Waals surface area (Å²) in [5.74, 6) is 2.33. The van der Waals surface area contributed by atoms with Crippen molar-refractivity contribution in [1.29, 1.82) is 0 Å². The molecule has 0 aliphatic rings. The van der Waals surface area contributed by atoms with Crippen molar-refractivity contribution < 1.29 is 17.5 Å². The number of halogens is 1. The zero-order valence-electron chi connectivity index (χ0n) is 12.8. The molecule has 0 atom stereocenters. The van der Waals surface area contributed by atoms with Crippen LogP contribution in [0.2, 0.25) is 0 Å². The first-order chi connectivity index (χ1) is 10.9. The van der Waals surface area contributed by atoms with Gasteiger partial charge in [-0.1, -0.05) is 12.0 Å². The van der Waals surface area contributed by atoms with Gasteiger partial charge in [-0.3, -0.25) is 4.31 Å². The molecular formula is C17H16FNO3S. The SMILES string of the molecule is C#CCOc1ccc(N(C)S(=O)(=O)c2ccc(C)c(F)c2)cc1. The molecule has 4 nitrogen and oxygen atoms in total. The van der Waals surface area contributed by atoms with E-state index in [9.17, 15) is 12.8 Å². The molecule has 2 aromatic rings. The first kappa shape index (κ1) is 16.8. The van der Waals surface area contributed by atoms with Gasteiger partial charge in [0.1, 0.15) is 18.2 Å². The Morgan fingerprint density at radius 3 is 2.43 bits per heavy atom. The topological polar surface area (TPSA) is 46.6 Å². The second kappa shape index (κ2) is 6.71. The molecule has 0 radical (unpaired) electrons. The highest BCUT2D eigenvalue weighted by Crippen LogP contribution is 2.25. The fraction of sp³-hybridized carbons (Fsp3) is 0.176. The summed E-state index contributed by atoms with van der Waals surface area (Å²) in [5, 5.41) is 0. The molecule has 6 heteroatoms. The number of anilines is 1. The number of terminal acetylenes is 1. The third-order valence-electron chi connectivity index (χ3n) is 3.32. The van der Waals surface area contributed by atoms with Crippen molar-refractivity contribution in [3.63, 3.8) is 0 Å². The van der Waals surface area contributed by atoms with Gasteiger partial charge in [0, 0.05) is 7.05 Å². The Balaban J connectivity index is 2.29. The third kappa shape index (κ3) is 3.63. The average molecular weight is 333 g/mol. The van der Waals surface area contributed by atoms with E-state index in [0.29, 0.717) is 17.0 Å². The smallest absolute Gasteiger partial charge is 0.264 e. The molecule has 0 fully saturated rings. The predicted molar refractivity (Wildman–Crippen MR) is 87.5 cm³/mol.